The predicted octanol–water partition coefficient (Wildman–Crippen LogP) is 3.15. The van der Waals surface area contributed by atoms with Crippen LogP contribution in [0.15, 0.2) is 54.7 Å². The highest BCUT2D eigenvalue weighted by Crippen LogP contribution is 2.15. The van der Waals surface area contributed by atoms with E-state index in [1.54, 1.807) is 7.11 Å². The van der Waals surface area contributed by atoms with Gasteiger partial charge in [0.1, 0.15) is 5.75 Å². The average molecular weight is 294 g/mol. The van der Waals surface area contributed by atoms with Crippen molar-refractivity contribution in [1.29, 1.82) is 0 Å². The SMILES string of the molecule is COc1cccc(CCNC(=O)c2ccc3[nH]ccc3c2)c1. The first-order valence-corrected chi connectivity index (χ1v) is 7.24. The summed E-state index contributed by atoms with van der Waals surface area (Å²) in [6, 6.07) is 15.5. The molecule has 0 unspecified atom stereocenters. The predicted molar refractivity (Wildman–Crippen MR) is 87.3 cm³/mol. The Hall–Kier alpha value is -2.75. The van der Waals surface area contributed by atoms with Crippen molar-refractivity contribution in [2.75, 3.05) is 13.7 Å². The van der Waals surface area contributed by atoms with E-state index >= 15 is 0 Å². The maximum absolute atomic E-state index is 12.2. The summed E-state index contributed by atoms with van der Waals surface area (Å²) in [5.74, 6) is 0.785. The Morgan fingerprint density at radius 2 is 2.09 bits per heavy atom. The Balaban J connectivity index is 1.59. The van der Waals surface area contributed by atoms with Gasteiger partial charge in [0.2, 0.25) is 0 Å². The van der Waals surface area contributed by atoms with Gasteiger partial charge in [-0.3, -0.25) is 4.79 Å². The van der Waals surface area contributed by atoms with E-state index in [0.717, 1.165) is 28.6 Å². The number of aromatic nitrogens is 1. The molecule has 1 aromatic heterocycles. The molecule has 0 aliphatic heterocycles. The molecule has 1 heterocycles. The largest absolute Gasteiger partial charge is 0.497 e. The molecule has 0 saturated carbocycles. The lowest BCUT2D eigenvalue weighted by Crippen LogP contribution is -2.25. The van der Waals surface area contributed by atoms with Gasteiger partial charge in [0.05, 0.1) is 7.11 Å². The Labute approximate surface area is 129 Å². The molecular weight excluding hydrogens is 276 g/mol. The number of H-pyrrole nitrogens is 1. The molecule has 0 atom stereocenters. The molecule has 0 spiro atoms. The van der Waals surface area contributed by atoms with Crippen LogP contribution >= 0.6 is 0 Å². The third-order valence-electron chi connectivity index (χ3n) is 3.65. The zero-order valence-electron chi connectivity index (χ0n) is 12.4. The van der Waals surface area contributed by atoms with E-state index in [2.05, 4.69) is 10.3 Å². The fourth-order valence-electron chi connectivity index (χ4n) is 2.44. The standard InChI is InChI=1S/C18H18N2O2/c1-22-16-4-2-3-13(11-16)7-9-20-18(21)15-5-6-17-14(12-15)8-10-19-17/h2-6,8,10-12,19H,7,9H2,1H3,(H,20,21). The fraction of sp³-hybridized carbons (Fsp3) is 0.167. The molecule has 2 aromatic carbocycles. The van der Waals surface area contributed by atoms with Gasteiger partial charge in [-0.25, -0.2) is 0 Å². The smallest absolute Gasteiger partial charge is 0.251 e. The molecule has 4 nitrogen and oxygen atoms in total. The van der Waals surface area contributed by atoms with E-state index in [1.807, 2.05) is 54.7 Å². The van der Waals surface area contributed by atoms with Crippen molar-refractivity contribution in [1.82, 2.24) is 10.3 Å². The van der Waals surface area contributed by atoms with Crippen LogP contribution in [-0.2, 0) is 6.42 Å². The molecule has 0 bridgehead atoms. The number of hydrogen-bond acceptors (Lipinski definition) is 2. The monoisotopic (exact) mass is 294 g/mol. The lowest BCUT2D eigenvalue weighted by molar-refractivity contribution is 0.0954. The quantitative estimate of drug-likeness (QED) is 0.759. The maximum Gasteiger partial charge on any atom is 0.251 e. The van der Waals surface area contributed by atoms with Crippen molar-refractivity contribution in [2.45, 2.75) is 6.42 Å². The van der Waals surface area contributed by atoms with Gasteiger partial charge in [-0.2, -0.15) is 0 Å². The van der Waals surface area contributed by atoms with Gasteiger partial charge in [-0.05, 0) is 48.4 Å². The van der Waals surface area contributed by atoms with Gasteiger partial charge in [0.25, 0.3) is 5.91 Å². The van der Waals surface area contributed by atoms with Gasteiger partial charge < -0.3 is 15.0 Å². The van der Waals surface area contributed by atoms with E-state index in [1.165, 1.54) is 0 Å². The number of nitrogens with one attached hydrogen (secondary N) is 2. The number of ether oxygens (including phenoxy) is 1. The molecule has 22 heavy (non-hydrogen) atoms. The summed E-state index contributed by atoms with van der Waals surface area (Å²) in [4.78, 5) is 15.3. The number of amides is 1. The zero-order chi connectivity index (χ0) is 15.4. The molecule has 2 N–H and O–H groups in total. The van der Waals surface area contributed by atoms with Crippen LogP contribution in [0.25, 0.3) is 10.9 Å². The second kappa shape index (κ2) is 6.35. The van der Waals surface area contributed by atoms with Crippen molar-refractivity contribution >= 4 is 16.8 Å². The minimum Gasteiger partial charge on any atom is -0.497 e. The number of carbonyl (C=O) groups is 1. The summed E-state index contributed by atoms with van der Waals surface area (Å²) in [7, 11) is 1.65. The Kier molecular flexibility index (Phi) is 4.10. The highest BCUT2D eigenvalue weighted by atomic mass is 16.5. The van der Waals surface area contributed by atoms with Gasteiger partial charge in [-0.1, -0.05) is 12.1 Å². The highest BCUT2D eigenvalue weighted by molar-refractivity contribution is 5.98. The number of aromatic amines is 1. The van der Waals surface area contributed by atoms with Crippen LogP contribution in [0.3, 0.4) is 0 Å². The first-order chi connectivity index (χ1) is 10.8. The van der Waals surface area contributed by atoms with Crippen LogP contribution < -0.4 is 10.1 Å². The molecule has 0 aliphatic rings. The zero-order valence-corrected chi connectivity index (χ0v) is 12.4. The summed E-state index contributed by atoms with van der Waals surface area (Å²) in [5.41, 5.74) is 2.85. The first kappa shape index (κ1) is 14.2. The molecule has 1 amide bonds. The van der Waals surface area contributed by atoms with Crippen molar-refractivity contribution in [3.63, 3.8) is 0 Å². The van der Waals surface area contributed by atoms with Gasteiger partial charge in [-0.15, -0.1) is 0 Å². The van der Waals surface area contributed by atoms with E-state index in [4.69, 9.17) is 4.74 Å². The van der Waals surface area contributed by atoms with Gasteiger partial charge in [0, 0.05) is 29.2 Å². The molecule has 0 fully saturated rings. The number of carbonyl (C=O) groups excluding carboxylic acids is 1. The average Bonchev–Trinajstić information content (AvgIpc) is 3.02. The third-order valence-corrected chi connectivity index (χ3v) is 3.65. The molecule has 0 radical (unpaired) electrons. The van der Waals surface area contributed by atoms with E-state index in [9.17, 15) is 4.79 Å². The van der Waals surface area contributed by atoms with Crippen LogP contribution in [0.4, 0.5) is 0 Å². The second-order valence-corrected chi connectivity index (χ2v) is 5.14. The molecule has 3 aromatic rings. The Bertz CT molecular complexity index is 792. The first-order valence-electron chi connectivity index (χ1n) is 7.24. The number of fused-ring (bicyclic) bond motifs is 1. The molecule has 112 valence electrons. The summed E-state index contributed by atoms with van der Waals surface area (Å²) >= 11 is 0. The summed E-state index contributed by atoms with van der Waals surface area (Å²) in [6.07, 6.45) is 2.64. The van der Waals surface area contributed by atoms with Crippen LogP contribution in [-0.4, -0.2) is 24.5 Å². The Morgan fingerprint density at radius 3 is 2.95 bits per heavy atom. The molecule has 3 rings (SSSR count). The van der Waals surface area contributed by atoms with Crippen LogP contribution in [0.5, 0.6) is 5.75 Å². The number of methoxy groups -OCH3 is 1. The molecular formula is C18H18N2O2. The maximum atomic E-state index is 12.2. The minimum atomic E-state index is -0.0500. The normalized spacial score (nSPS) is 10.6. The summed E-state index contributed by atoms with van der Waals surface area (Å²) in [6.45, 7) is 0.594. The topological polar surface area (TPSA) is 54.1 Å². The molecule has 0 saturated heterocycles. The van der Waals surface area contributed by atoms with E-state index in [-0.39, 0.29) is 5.91 Å². The van der Waals surface area contributed by atoms with Crippen molar-refractivity contribution in [3.05, 3.63) is 65.9 Å². The van der Waals surface area contributed by atoms with E-state index < -0.39 is 0 Å². The van der Waals surface area contributed by atoms with Crippen molar-refractivity contribution in [3.8, 4) is 5.75 Å². The van der Waals surface area contributed by atoms with Crippen LogP contribution in [0.2, 0.25) is 0 Å². The second-order valence-electron chi connectivity index (χ2n) is 5.14. The van der Waals surface area contributed by atoms with E-state index in [0.29, 0.717) is 12.1 Å². The van der Waals surface area contributed by atoms with Crippen LogP contribution in [0, 0.1) is 0 Å². The highest BCUT2D eigenvalue weighted by Gasteiger charge is 2.06. The fourth-order valence-corrected chi connectivity index (χ4v) is 2.44. The Morgan fingerprint density at radius 1 is 1.18 bits per heavy atom. The van der Waals surface area contributed by atoms with Crippen molar-refractivity contribution in [2.24, 2.45) is 0 Å². The number of rotatable bonds is 5. The number of benzene rings is 2. The molecule has 4 heteroatoms. The van der Waals surface area contributed by atoms with Crippen LogP contribution in [0.1, 0.15) is 15.9 Å². The lowest BCUT2D eigenvalue weighted by atomic mass is 10.1. The van der Waals surface area contributed by atoms with Gasteiger partial charge >= 0.3 is 0 Å². The number of hydrogen-bond donors (Lipinski definition) is 2. The minimum absolute atomic E-state index is 0.0500. The summed E-state index contributed by atoms with van der Waals surface area (Å²) in [5, 5.41) is 3.99. The third kappa shape index (κ3) is 3.11. The van der Waals surface area contributed by atoms with Crippen molar-refractivity contribution < 1.29 is 9.53 Å². The summed E-state index contributed by atoms with van der Waals surface area (Å²) < 4.78 is 5.19. The lowest BCUT2D eigenvalue weighted by Gasteiger charge is -2.07. The molecule has 0 aliphatic carbocycles. The van der Waals surface area contributed by atoms with Gasteiger partial charge in [0.15, 0.2) is 0 Å².